The number of nitrogens with one attached hydrogen (secondary N) is 1. The van der Waals surface area contributed by atoms with E-state index in [-0.39, 0.29) is 24.6 Å². The van der Waals surface area contributed by atoms with Crippen molar-refractivity contribution in [3.63, 3.8) is 0 Å². The second-order valence-electron chi connectivity index (χ2n) is 7.99. The van der Waals surface area contributed by atoms with Gasteiger partial charge in [-0.25, -0.2) is 4.98 Å². The summed E-state index contributed by atoms with van der Waals surface area (Å²) >= 11 is 5.93. The van der Waals surface area contributed by atoms with E-state index < -0.39 is 0 Å². The summed E-state index contributed by atoms with van der Waals surface area (Å²) in [5.41, 5.74) is 2.98. The Morgan fingerprint density at radius 3 is 2.71 bits per heavy atom. The van der Waals surface area contributed by atoms with Gasteiger partial charge in [0.2, 0.25) is 11.8 Å². The lowest BCUT2D eigenvalue weighted by Crippen LogP contribution is -2.25. The molecule has 9 nitrogen and oxygen atoms in total. The van der Waals surface area contributed by atoms with Crippen molar-refractivity contribution in [2.45, 2.75) is 33.4 Å². The average Bonchev–Trinajstić information content (AvgIpc) is 3.40. The monoisotopic (exact) mass is 476 g/mol. The molecule has 1 amide bonds. The van der Waals surface area contributed by atoms with Crippen LogP contribution in [0.2, 0.25) is 5.02 Å². The third-order valence-corrected chi connectivity index (χ3v) is 5.80. The van der Waals surface area contributed by atoms with Crippen molar-refractivity contribution in [2.75, 3.05) is 5.32 Å². The number of benzene rings is 2. The van der Waals surface area contributed by atoms with Crippen LogP contribution in [-0.4, -0.2) is 30.2 Å². The van der Waals surface area contributed by atoms with Crippen LogP contribution in [0.5, 0.6) is 0 Å². The Morgan fingerprint density at radius 1 is 1.18 bits per heavy atom. The first-order valence-electron chi connectivity index (χ1n) is 10.8. The average molecular weight is 477 g/mol. The molecule has 10 heteroatoms. The van der Waals surface area contributed by atoms with Gasteiger partial charge in [-0.15, -0.1) is 0 Å². The normalized spacial score (nSPS) is 11.4. The quantitative estimate of drug-likeness (QED) is 0.397. The number of hydrogen-bond donors (Lipinski definition) is 1. The van der Waals surface area contributed by atoms with E-state index in [0.717, 1.165) is 16.5 Å². The van der Waals surface area contributed by atoms with Crippen molar-refractivity contribution < 1.29 is 9.32 Å². The molecule has 5 aromatic rings. The highest BCUT2D eigenvalue weighted by Crippen LogP contribution is 2.26. The van der Waals surface area contributed by atoms with Gasteiger partial charge in [0, 0.05) is 22.5 Å². The van der Waals surface area contributed by atoms with Crippen LogP contribution in [0.25, 0.3) is 21.9 Å². The van der Waals surface area contributed by atoms with Gasteiger partial charge in [0.05, 0.1) is 11.8 Å². The van der Waals surface area contributed by atoms with E-state index in [1.807, 2.05) is 32.0 Å². The summed E-state index contributed by atoms with van der Waals surface area (Å²) < 4.78 is 8.35. The smallest absolute Gasteiger partial charge is 0.278 e. The summed E-state index contributed by atoms with van der Waals surface area (Å²) in [6, 6.07) is 12.6. The number of rotatable bonds is 6. The van der Waals surface area contributed by atoms with Gasteiger partial charge < -0.3 is 14.4 Å². The zero-order chi connectivity index (χ0) is 23.8. The Bertz CT molecular complexity index is 1580. The minimum absolute atomic E-state index is 0.0623. The van der Waals surface area contributed by atoms with Crippen molar-refractivity contribution in [1.82, 2.24) is 24.3 Å². The standard InChI is InChI=1S/C24H21ClN6O3/c1-3-19-28-21(34-29-19)12-30-13-26-22-17-10-14(2)4-9-18(17)31(23(22)24(30)33)11-20(32)27-16-7-5-15(25)6-8-16/h4-10,13H,3,11-12H2,1-2H3,(H,27,32). The second-order valence-corrected chi connectivity index (χ2v) is 8.43. The largest absolute Gasteiger partial charge is 0.337 e. The summed E-state index contributed by atoms with van der Waals surface area (Å²) in [7, 11) is 0. The molecule has 3 heterocycles. The molecule has 0 aliphatic heterocycles. The molecule has 0 saturated carbocycles. The van der Waals surface area contributed by atoms with Gasteiger partial charge in [-0.05, 0) is 43.3 Å². The molecule has 0 fully saturated rings. The maximum Gasteiger partial charge on any atom is 0.278 e. The van der Waals surface area contributed by atoms with Crippen molar-refractivity contribution in [2.24, 2.45) is 0 Å². The molecule has 0 spiro atoms. The molecule has 0 unspecified atom stereocenters. The maximum atomic E-state index is 13.5. The molecule has 0 radical (unpaired) electrons. The Labute approximate surface area is 199 Å². The fourth-order valence-corrected chi connectivity index (χ4v) is 4.04. The molecule has 5 rings (SSSR count). The lowest BCUT2D eigenvalue weighted by Gasteiger charge is -2.09. The number of anilines is 1. The molecule has 0 atom stereocenters. The highest BCUT2D eigenvalue weighted by atomic mass is 35.5. The molecule has 0 bridgehead atoms. The summed E-state index contributed by atoms with van der Waals surface area (Å²) in [6.45, 7) is 3.92. The van der Waals surface area contributed by atoms with Crippen molar-refractivity contribution in [3.05, 3.63) is 81.4 Å². The van der Waals surface area contributed by atoms with E-state index in [9.17, 15) is 9.59 Å². The van der Waals surface area contributed by atoms with Crippen LogP contribution in [-0.2, 0) is 24.3 Å². The van der Waals surface area contributed by atoms with E-state index in [4.69, 9.17) is 16.1 Å². The van der Waals surface area contributed by atoms with Crippen molar-refractivity contribution >= 4 is 45.1 Å². The number of aryl methyl sites for hydroxylation is 2. The van der Waals surface area contributed by atoms with Gasteiger partial charge in [-0.1, -0.05) is 35.3 Å². The highest BCUT2D eigenvalue weighted by Gasteiger charge is 2.19. The third-order valence-electron chi connectivity index (χ3n) is 5.54. The van der Waals surface area contributed by atoms with Crippen LogP contribution < -0.4 is 10.9 Å². The minimum atomic E-state index is -0.297. The zero-order valence-electron chi connectivity index (χ0n) is 18.6. The number of hydrogen-bond acceptors (Lipinski definition) is 6. The number of amides is 1. The van der Waals surface area contributed by atoms with Gasteiger partial charge in [-0.2, -0.15) is 4.98 Å². The second kappa shape index (κ2) is 8.75. The first-order chi connectivity index (χ1) is 16.4. The van der Waals surface area contributed by atoms with Gasteiger partial charge in [0.1, 0.15) is 24.1 Å². The van der Waals surface area contributed by atoms with Crippen LogP contribution in [0.4, 0.5) is 5.69 Å². The number of halogens is 1. The highest BCUT2D eigenvalue weighted by molar-refractivity contribution is 6.30. The maximum absolute atomic E-state index is 13.5. The number of carbonyl (C=O) groups is 1. The Balaban J connectivity index is 1.58. The van der Waals surface area contributed by atoms with Gasteiger partial charge >= 0.3 is 0 Å². The Morgan fingerprint density at radius 2 is 1.97 bits per heavy atom. The Hall–Kier alpha value is -3.98. The topological polar surface area (TPSA) is 108 Å². The van der Waals surface area contributed by atoms with Crippen LogP contribution in [0.3, 0.4) is 0 Å². The van der Waals surface area contributed by atoms with Crippen LogP contribution in [0.1, 0.15) is 24.2 Å². The van der Waals surface area contributed by atoms with Gasteiger partial charge in [-0.3, -0.25) is 14.2 Å². The zero-order valence-corrected chi connectivity index (χ0v) is 19.3. The fraction of sp³-hybridized carbons (Fsp3) is 0.208. The fourth-order valence-electron chi connectivity index (χ4n) is 3.91. The van der Waals surface area contributed by atoms with E-state index in [2.05, 4.69) is 20.4 Å². The Kier molecular flexibility index (Phi) is 5.62. The summed E-state index contributed by atoms with van der Waals surface area (Å²) in [6.07, 6.45) is 2.10. The first kappa shape index (κ1) is 21.8. The number of fused-ring (bicyclic) bond motifs is 3. The molecule has 3 aromatic heterocycles. The lowest BCUT2D eigenvalue weighted by molar-refractivity contribution is -0.116. The molecule has 0 aliphatic rings. The van der Waals surface area contributed by atoms with Crippen molar-refractivity contribution in [1.29, 1.82) is 0 Å². The number of carbonyl (C=O) groups excluding carboxylic acids is 1. The van der Waals surface area contributed by atoms with Gasteiger partial charge in [0.15, 0.2) is 5.82 Å². The lowest BCUT2D eigenvalue weighted by atomic mass is 10.1. The van der Waals surface area contributed by atoms with Crippen LogP contribution >= 0.6 is 11.6 Å². The number of aromatic nitrogens is 5. The summed E-state index contributed by atoms with van der Waals surface area (Å²) in [5, 5.41) is 8.12. The van der Waals surface area contributed by atoms with Crippen LogP contribution in [0.15, 0.2) is 58.1 Å². The predicted molar refractivity (Wildman–Crippen MR) is 129 cm³/mol. The van der Waals surface area contributed by atoms with Gasteiger partial charge in [0.25, 0.3) is 5.56 Å². The first-order valence-corrected chi connectivity index (χ1v) is 11.2. The SMILES string of the molecule is CCc1noc(Cn2cnc3c4cc(C)ccc4n(CC(=O)Nc4ccc(Cl)cc4)c3c2=O)n1. The molecule has 0 saturated heterocycles. The van der Waals surface area contributed by atoms with E-state index in [0.29, 0.717) is 39.9 Å². The molecule has 2 aromatic carbocycles. The summed E-state index contributed by atoms with van der Waals surface area (Å²) in [4.78, 5) is 35.3. The molecule has 1 N–H and O–H groups in total. The van der Waals surface area contributed by atoms with E-state index in [1.165, 1.54) is 10.9 Å². The van der Waals surface area contributed by atoms with E-state index in [1.54, 1.807) is 28.8 Å². The molecular weight excluding hydrogens is 456 g/mol. The van der Waals surface area contributed by atoms with Crippen molar-refractivity contribution in [3.8, 4) is 0 Å². The molecule has 34 heavy (non-hydrogen) atoms. The molecule has 0 aliphatic carbocycles. The minimum Gasteiger partial charge on any atom is -0.337 e. The predicted octanol–water partition coefficient (Wildman–Crippen LogP) is 3.95. The molecule has 172 valence electrons. The van der Waals surface area contributed by atoms with E-state index >= 15 is 0 Å². The number of nitrogens with zero attached hydrogens (tertiary/aromatic N) is 5. The molecular formula is C24H21ClN6O3. The summed E-state index contributed by atoms with van der Waals surface area (Å²) in [5.74, 6) is 0.612. The third kappa shape index (κ3) is 4.06. The van der Waals surface area contributed by atoms with Crippen LogP contribution in [0, 0.1) is 6.92 Å².